The molecule has 0 spiro atoms. The summed E-state index contributed by atoms with van der Waals surface area (Å²) in [6.45, 7) is 3.17. The molecule has 1 aromatic heterocycles. The number of halogens is 1. The van der Waals surface area contributed by atoms with Crippen LogP contribution in [0, 0.1) is 5.92 Å². The molecule has 0 amide bonds. The first kappa shape index (κ1) is 13.3. The molecular weight excluding hydrogens is 290 g/mol. The Morgan fingerprint density at radius 1 is 1.28 bits per heavy atom. The Balaban J connectivity index is 2.39. The van der Waals surface area contributed by atoms with E-state index in [1.165, 1.54) is 12.8 Å². The van der Waals surface area contributed by atoms with E-state index in [2.05, 4.69) is 27.4 Å². The SMILES string of the molecule is CCCC(CBr)Cn1ccc(=O)c2ccccc21. The Labute approximate surface area is 116 Å². The molecule has 2 rings (SSSR count). The van der Waals surface area contributed by atoms with Crippen molar-refractivity contribution in [3.8, 4) is 0 Å². The third-order valence-corrected chi connectivity index (χ3v) is 4.17. The topological polar surface area (TPSA) is 22.0 Å². The van der Waals surface area contributed by atoms with Crippen LogP contribution in [0.15, 0.2) is 41.3 Å². The Morgan fingerprint density at radius 2 is 2.06 bits per heavy atom. The summed E-state index contributed by atoms with van der Waals surface area (Å²) in [4.78, 5) is 11.8. The van der Waals surface area contributed by atoms with Gasteiger partial charge in [-0.25, -0.2) is 0 Å². The summed E-state index contributed by atoms with van der Waals surface area (Å²) >= 11 is 3.58. The number of aromatic nitrogens is 1. The lowest BCUT2D eigenvalue weighted by molar-refractivity contribution is 0.461. The minimum atomic E-state index is 0.104. The van der Waals surface area contributed by atoms with E-state index in [-0.39, 0.29) is 5.43 Å². The summed E-state index contributed by atoms with van der Waals surface area (Å²) in [7, 11) is 0. The van der Waals surface area contributed by atoms with Crippen LogP contribution in [0.4, 0.5) is 0 Å². The van der Waals surface area contributed by atoms with Gasteiger partial charge in [0.1, 0.15) is 0 Å². The highest BCUT2D eigenvalue weighted by Gasteiger charge is 2.09. The van der Waals surface area contributed by atoms with Crippen LogP contribution in [0.3, 0.4) is 0 Å². The summed E-state index contributed by atoms with van der Waals surface area (Å²) in [5, 5.41) is 1.81. The molecule has 0 aliphatic rings. The number of benzene rings is 1. The number of para-hydroxylation sites is 1. The number of fused-ring (bicyclic) bond motifs is 1. The van der Waals surface area contributed by atoms with Crippen LogP contribution >= 0.6 is 15.9 Å². The molecule has 0 radical (unpaired) electrons. The second-order valence-electron chi connectivity index (χ2n) is 4.66. The number of hydrogen-bond acceptors (Lipinski definition) is 1. The summed E-state index contributed by atoms with van der Waals surface area (Å²) in [5.41, 5.74) is 1.14. The molecule has 0 N–H and O–H groups in total. The molecular formula is C15H18BrNO. The molecule has 0 saturated carbocycles. The van der Waals surface area contributed by atoms with E-state index < -0.39 is 0 Å². The summed E-state index contributed by atoms with van der Waals surface area (Å²) in [6.07, 6.45) is 4.30. The molecule has 0 saturated heterocycles. The number of pyridine rings is 1. The smallest absolute Gasteiger partial charge is 0.189 e. The predicted octanol–water partition coefficient (Wildman–Crippen LogP) is 3.81. The predicted molar refractivity (Wildman–Crippen MR) is 80.4 cm³/mol. The monoisotopic (exact) mass is 307 g/mol. The molecule has 0 aliphatic heterocycles. The average Bonchev–Trinajstić information content (AvgIpc) is 2.41. The maximum absolute atomic E-state index is 11.8. The number of hydrogen-bond donors (Lipinski definition) is 0. The van der Waals surface area contributed by atoms with Crippen LogP contribution in [-0.2, 0) is 6.54 Å². The highest BCUT2D eigenvalue weighted by molar-refractivity contribution is 9.09. The van der Waals surface area contributed by atoms with Crippen LogP contribution in [0.25, 0.3) is 10.9 Å². The maximum Gasteiger partial charge on any atom is 0.189 e. The van der Waals surface area contributed by atoms with Gasteiger partial charge < -0.3 is 4.57 Å². The Kier molecular flexibility index (Phi) is 4.59. The van der Waals surface area contributed by atoms with Gasteiger partial charge in [-0.15, -0.1) is 0 Å². The fraction of sp³-hybridized carbons (Fsp3) is 0.400. The minimum Gasteiger partial charge on any atom is -0.347 e. The van der Waals surface area contributed by atoms with Crippen molar-refractivity contribution in [2.75, 3.05) is 5.33 Å². The summed E-state index contributed by atoms with van der Waals surface area (Å²) in [6, 6.07) is 9.49. The third-order valence-electron chi connectivity index (χ3n) is 3.25. The van der Waals surface area contributed by atoms with Crippen LogP contribution < -0.4 is 5.43 Å². The molecule has 2 nitrogen and oxygen atoms in total. The Hall–Kier alpha value is -1.09. The van der Waals surface area contributed by atoms with Crippen molar-refractivity contribution in [1.29, 1.82) is 0 Å². The molecule has 1 aromatic carbocycles. The standard InChI is InChI=1S/C15H18BrNO/c1-2-5-12(10-16)11-17-9-8-15(18)13-6-3-4-7-14(13)17/h3-4,6-9,12H,2,5,10-11H2,1H3. The van der Waals surface area contributed by atoms with E-state index in [0.717, 1.165) is 22.8 Å². The first-order chi connectivity index (χ1) is 8.76. The van der Waals surface area contributed by atoms with Crippen molar-refractivity contribution in [3.63, 3.8) is 0 Å². The molecule has 3 heteroatoms. The third kappa shape index (κ3) is 2.83. The van der Waals surface area contributed by atoms with Gasteiger partial charge in [-0.1, -0.05) is 41.4 Å². The molecule has 0 fully saturated rings. The highest BCUT2D eigenvalue weighted by Crippen LogP contribution is 2.16. The number of rotatable bonds is 5. The van der Waals surface area contributed by atoms with Gasteiger partial charge in [-0.3, -0.25) is 4.79 Å². The van der Waals surface area contributed by atoms with E-state index in [1.54, 1.807) is 6.07 Å². The van der Waals surface area contributed by atoms with Gasteiger partial charge in [0.25, 0.3) is 0 Å². The second-order valence-corrected chi connectivity index (χ2v) is 5.31. The van der Waals surface area contributed by atoms with Crippen molar-refractivity contribution in [3.05, 3.63) is 46.8 Å². The van der Waals surface area contributed by atoms with Crippen LogP contribution in [0.5, 0.6) is 0 Å². The second kappa shape index (κ2) is 6.19. The van der Waals surface area contributed by atoms with E-state index in [0.29, 0.717) is 5.92 Å². The maximum atomic E-state index is 11.8. The van der Waals surface area contributed by atoms with Crippen molar-refractivity contribution in [2.24, 2.45) is 5.92 Å². The van der Waals surface area contributed by atoms with Gasteiger partial charge >= 0.3 is 0 Å². The Morgan fingerprint density at radius 3 is 2.78 bits per heavy atom. The van der Waals surface area contributed by atoms with E-state index in [4.69, 9.17) is 0 Å². The van der Waals surface area contributed by atoms with Gasteiger partial charge in [0.2, 0.25) is 0 Å². The molecule has 2 aromatic rings. The molecule has 1 unspecified atom stereocenters. The molecule has 96 valence electrons. The number of alkyl halides is 1. The van der Waals surface area contributed by atoms with E-state index >= 15 is 0 Å². The molecule has 1 atom stereocenters. The zero-order valence-electron chi connectivity index (χ0n) is 10.6. The fourth-order valence-electron chi connectivity index (χ4n) is 2.32. The molecule has 0 aliphatic carbocycles. The average molecular weight is 308 g/mol. The van der Waals surface area contributed by atoms with Gasteiger partial charge in [0.05, 0.1) is 5.52 Å². The Bertz CT molecular complexity index is 576. The first-order valence-electron chi connectivity index (χ1n) is 6.40. The van der Waals surface area contributed by atoms with Crippen LogP contribution in [0.1, 0.15) is 19.8 Å². The fourth-order valence-corrected chi connectivity index (χ4v) is 2.85. The largest absolute Gasteiger partial charge is 0.347 e. The zero-order chi connectivity index (χ0) is 13.0. The normalized spacial score (nSPS) is 12.8. The van der Waals surface area contributed by atoms with E-state index in [1.807, 2.05) is 30.5 Å². The van der Waals surface area contributed by atoms with Gasteiger partial charge in [-0.2, -0.15) is 0 Å². The van der Waals surface area contributed by atoms with Gasteiger partial charge in [0.15, 0.2) is 5.43 Å². The lowest BCUT2D eigenvalue weighted by Gasteiger charge is -2.17. The highest BCUT2D eigenvalue weighted by atomic mass is 79.9. The van der Waals surface area contributed by atoms with Crippen molar-refractivity contribution < 1.29 is 0 Å². The van der Waals surface area contributed by atoms with Crippen molar-refractivity contribution >= 4 is 26.8 Å². The first-order valence-corrected chi connectivity index (χ1v) is 7.52. The van der Waals surface area contributed by atoms with Gasteiger partial charge in [-0.05, 0) is 24.5 Å². The zero-order valence-corrected chi connectivity index (χ0v) is 12.2. The quantitative estimate of drug-likeness (QED) is 0.770. The van der Waals surface area contributed by atoms with Crippen molar-refractivity contribution in [2.45, 2.75) is 26.3 Å². The van der Waals surface area contributed by atoms with Crippen LogP contribution in [0.2, 0.25) is 0 Å². The van der Waals surface area contributed by atoms with Crippen molar-refractivity contribution in [1.82, 2.24) is 4.57 Å². The molecule has 1 heterocycles. The van der Waals surface area contributed by atoms with Crippen LogP contribution in [-0.4, -0.2) is 9.90 Å². The minimum absolute atomic E-state index is 0.104. The summed E-state index contributed by atoms with van der Waals surface area (Å²) < 4.78 is 2.19. The molecule has 18 heavy (non-hydrogen) atoms. The number of nitrogens with zero attached hydrogens (tertiary/aromatic N) is 1. The molecule has 0 bridgehead atoms. The van der Waals surface area contributed by atoms with E-state index in [9.17, 15) is 4.79 Å². The van der Waals surface area contributed by atoms with Gasteiger partial charge in [0, 0.05) is 29.5 Å². The lowest BCUT2D eigenvalue weighted by Crippen LogP contribution is -2.15. The summed E-state index contributed by atoms with van der Waals surface area (Å²) in [5.74, 6) is 0.612. The lowest BCUT2D eigenvalue weighted by atomic mass is 10.1.